The number of rotatable bonds is 6. The lowest BCUT2D eigenvalue weighted by Crippen LogP contribution is -2.34. The van der Waals surface area contributed by atoms with Crippen LogP contribution in [0.4, 0.5) is 0 Å². The molecule has 3 N–H and O–H groups in total. The lowest BCUT2D eigenvalue weighted by Gasteiger charge is -2.23. The molecule has 0 aliphatic rings. The Morgan fingerprint density at radius 1 is 1.69 bits per heavy atom. The van der Waals surface area contributed by atoms with E-state index in [0.717, 1.165) is 13.0 Å². The molecule has 90 valence electrons. The van der Waals surface area contributed by atoms with Crippen molar-refractivity contribution in [3.8, 4) is 0 Å². The fraction of sp³-hybridized carbons (Fsp3) is 0.636. The molecule has 1 aromatic rings. The third-order valence-corrected chi connectivity index (χ3v) is 2.78. The average Bonchev–Trinajstić information content (AvgIpc) is 2.59. The second kappa shape index (κ2) is 5.65. The lowest BCUT2D eigenvalue weighted by molar-refractivity contribution is 0.266. The van der Waals surface area contributed by atoms with Gasteiger partial charge in [-0.2, -0.15) is 5.10 Å². The van der Waals surface area contributed by atoms with Crippen LogP contribution in [0.1, 0.15) is 18.9 Å². The van der Waals surface area contributed by atoms with Crippen molar-refractivity contribution < 1.29 is 0 Å². The van der Waals surface area contributed by atoms with Crippen LogP contribution in [0.5, 0.6) is 0 Å². The number of nitrogens with two attached hydrogens (primary N) is 1. The Bertz CT molecular complexity index is 344. The Morgan fingerprint density at radius 3 is 2.88 bits per heavy atom. The molecule has 1 heterocycles. The molecule has 16 heavy (non-hydrogen) atoms. The second-order valence-electron chi connectivity index (χ2n) is 4.33. The van der Waals surface area contributed by atoms with Gasteiger partial charge in [0, 0.05) is 32.3 Å². The largest absolute Gasteiger partial charge is 0.388 e. The van der Waals surface area contributed by atoms with Gasteiger partial charge < -0.3 is 10.6 Å². The van der Waals surface area contributed by atoms with Crippen LogP contribution in [0.3, 0.4) is 0 Å². The monoisotopic (exact) mass is 223 g/mol. The molecule has 0 saturated heterocycles. The zero-order valence-electron chi connectivity index (χ0n) is 10.3. The fourth-order valence-corrected chi connectivity index (χ4v) is 1.60. The summed E-state index contributed by atoms with van der Waals surface area (Å²) in [6, 6.07) is 0.314. The van der Waals surface area contributed by atoms with Crippen molar-refractivity contribution in [2.45, 2.75) is 25.8 Å². The Hall–Kier alpha value is -1.36. The smallest absolute Gasteiger partial charge is 0.0920 e. The highest BCUT2D eigenvalue weighted by Gasteiger charge is 2.10. The maximum atomic E-state index is 7.26. The Balaban J connectivity index is 2.34. The second-order valence-corrected chi connectivity index (χ2v) is 4.33. The summed E-state index contributed by atoms with van der Waals surface area (Å²) < 4.78 is 1.81. The summed E-state index contributed by atoms with van der Waals surface area (Å²) in [4.78, 5) is 2.22. The quantitative estimate of drug-likeness (QED) is 0.548. The van der Waals surface area contributed by atoms with E-state index in [1.54, 1.807) is 0 Å². The molecular weight excluding hydrogens is 202 g/mol. The molecule has 5 nitrogen and oxygen atoms in total. The zero-order chi connectivity index (χ0) is 12.1. The third-order valence-electron chi connectivity index (χ3n) is 2.78. The van der Waals surface area contributed by atoms with Gasteiger partial charge in [-0.1, -0.05) is 0 Å². The van der Waals surface area contributed by atoms with Crippen molar-refractivity contribution in [2.24, 2.45) is 12.8 Å². The molecule has 0 fully saturated rings. The number of hydrogen-bond acceptors (Lipinski definition) is 3. The van der Waals surface area contributed by atoms with Gasteiger partial charge in [0.25, 0.3) is 0 Å². The molecular formula is C11H21N5. The number of aryl methyl sites for hydroxylation is 1. The highest BCUT2D eigenvalue weighted by Crippen LogP contribution is 2.04. The van der Waals surface area contributed by atoms with Gasteiger partial charge in [-0.3, -0.25) is 10.1 Å². The first-order valence-electron chi connectivity index (χ1n) is 5.49. The first kappa shape index (κ1) is 12.7. The van der Waals surface area contributed by atoms with E-state index in [-0.39, 0.29) is 5.84 Å². The maximum Gasteiger partial charge on any atom is 0.0920 e. The van der Waals surface area contributed by atoms with Gasteiger partial charge in [-0.25, -0.2) is 0 Å². The van der Waals surface area contributed by atoms with Crippen molar-refractivity contribution in [1.82, 2.24) is 14.7 Å². The summed E-state index contributed by atoms with van der Waals surface area (Å²) in [5.41, 5.74) is 6.63. The maximum absolute atomic E-state index is 7.26. The van der Waals surface area contributed by atoms with Gasteiger partial charge in [0.2, 0.25) is 0 Å². The van der Waals surface area contributed by atoms with Crippen molar-refractivity contribution in [2.75, 3.05) is 13.6 Å². The van der Waals surface area contributed by atoms with E-state index >= 15 is 0 Å². The predicted octanol–water partition coefficient (Wildman–Crippen LogP) is 0.609. The molecule has 0 aliphatic carbocycles. The molecule has 1 unspecified atom stereocenters. The summed E-state index contributed by atoms with van der Waals surface area (Å²) in [5.74, 6) is 0.251. The van der Waals surface area contributed by atoms with Crippen LogP contribution in [-0.4, -0.2) is 40.2 Å². The van der Waals surface area contributed by atoms with E-state index in [9.17, 15) is 0 Å². The van der Waals surface area contributed by atoms with E-state index < -0.39 is 0 Å². The number of nitrogens with one attached hydrogen (secondary N) is 1. The van der Waals surface area contributed by atoms with Crippen LogP contribution in [0.15, 0.2) is 12.4 Å². The summed E-state index contributed by atoms with van der Waals surface area (Å²) in [5, 5.41) is 11.4. The SMILES string of the molecule is CC(CC(=N)N)N(C)CCc1cnn(C)c1. The van der Waals surface area contributed by atoms with E-state index in [2.05, 4.69) is 24.0 Å². The third kappa shape index (κ3) is 4.02. The van der Waals surface area contributed by atoms with Crippen molar-refractivity contribution in [3.63, 3.8) is 0 Å². The van der Waals surface area contributed by atoms with Crippen LogP contribution in [0.25, 0.3) is 0 Å². The van der Waals surface area contributed by atoms with Crippen molar-refractivity contribution in [1.29, 1.82) is 5.41 Å². The zero-order valence-corrected chi connectivity index (χ0v) is 10.3. The molecule has 1 atom stereocenters. The molecule has 0 radical (unpaired) electrons. The average molecular weight is 223 g/mol. The standard InChI is InChI=1S/C11H21N5/c1-9(6-11(12)13)15(2)5-4-10-7-14-16(3)8-10/h7-9H,4-6H2,1-3H3,(H3,12,13). The van der Waals surface area contributed by atoms with E-state index in [1.807, 2.05) is 24.1 Å². The highest BCUT2D eigenvalue weighted by atomic mass is 15.2. The van der Waals surface area contributed by atoms with Gasteiger partial charge >= 0.3 is 0 Å². The first-order chi connectivity index (χ1) is 7.49. The minimum absolute atomic E-state index is 0.251. The van der Waals surface area contributed by atoms with Crippen LogP contribution in [-0.2, 0) is 13.5 Å². The van der Waals surface area contributed by atoms with Gasteiger partial charge in [-0.05, 0) is 26.0 Å². The van der Waals surface area contributed by atoms with E-state index in [0.29, 0.717) is 12.5 Å². The minimum Gasteiger partial charge on any atom is -0.388 e. The van der Waals surface area contributed by atoms with Crippen molar-refractivity contribution >= 4 is 5.84 Å². The first-order valence-corrected chi connectivity index (χ1v) is 5.49. The number of aromatic nitrogens is 2. The molecule has 1 rings (SSSR count). The van der Waals surface area contributed by atoms with E-state index in [1.165, 1.54) is 5.56 Å². The number of likely N-dealkylation sites (N-methyl/N-ethyl adjacent to an activating group) is 1. The lowest BCUT2D eigenvalue weighted by atomic mass is 10.1. The van der Waals surface area contributed by atoms with Gasteiger partial charge in [0.15, 0.2) is 0 Å². The summed E-state index contributed by atoms with van der Waals surface area (Å²) >= 11 is 0. The molecule has 0 spiro atoms. The molecule has 0 amide bonds. The van der Waals surface area contributed by atoms with Crippen LogP contribution >= 0.6 is 0 Å². The number of amidine groups is 1. The molecule has 0 saturated carbocycles. The van der Waals surface area contributed by atoms with Gasteiger partial charge in [0.05, 0.1) is 12.0 Å². The molecule has 0 bridgehead atoms. The summed E-state index contributed by atoms with van der Waals surface area (Å²) in [7, 11) is 3.98. The normalized spacial score (nSPS) is 13.0. The molecule has 1 aromatic heterocycles. The minimum atomic E-state index is 0.251. The highest BCUT2D eigenvalue weighted by molar-refractivity contribution is 5.77. The van der Waals surface area contributed by atoms with Crippen LogP contribution in [0, 0.1) is 5.41 Å². The number of hydrogen-bond donors (Lipinski definition) is 2. The number of nitrogens with zero attached hydrogens (tertiary/aromatic N) is 3. The van der Waals surface area contributed by atoms with Crippen LogP contribution < -0.4 is 5.73 Å². The topological polar surface area (TPSA) is 70.9 Å². The molecule has 5 heteroatoms. The predicted molar refractivity (Wildman–Crippen MR) is 65.5 cm³/mol. The molecule has 0 aromatic carbocycles. The Kier molecular flexibility index (Phi) is 4.49. The summed E-state index contributed by atoms with van der Waals surface area (Å²) in [6.07, 6.45) is 5.53. The van der Waals surface area contributed by atoms with Gasteiger partial charge in [0.1, 0.15) is 0 Å². The van der Waals surface area contributed by atoms with Crippen LogP contribution in [0.2, 0.25) is 0 Å². The molecule has 0 aliphatic heterocycles. The van der Waals surface area contributed by atoms with Gasteiger partial charge in [-0.15, -0.1) is 0 Å². The van der Waals surface area contributed by atoms with Crippen molar-refractivity contribution in [3.05, 3.63) is 18.0 Å². The Labute approximate surface area is 96.7 Å². The van der Waals surface area contributed by atoms with E-state index in [4.69, 9.17) is 11.1 Å². The Morgan fingerprint density at radius 2 is 2.38 bits per heavy atom. The summed E-state index contributed by atoms with van der Waals surface area (Å²) in [6.45, 7) is 3.05. The fourth-order valence-electron chi connectivity index (χ4n) is 1.60.